The minimum atomic E-state index is 0.529. The first-order valence-corrected chi connectivity index (χ1v) is 8.49. The maximum Gasteiger partial charge on any atom is 0.160 e. The molecule has 2 heterocycles. The Morgan fingerprint density at radius 3 is 2.77 bits per heavy atom. The Labute approximate surface area is 145 Å². The van der Waals surface area contributed by atoms with Crippen LogP contribution in [0.25, 0.3) is 33.1 Å². The van der Waals surface area contributed by atoms with Gasteiger partial charge in [0, 0.05) is 27.1 Å². The summed E-state index contributed by atoms with van der Waals surface area (Å²) in [5.74, 6) is 0.529. The van der Waals surface area contributed by atoms with Gasteiger partial charge in [0.2, 0.25) is 0 Å². The van der Waals surface area contributed by atoms with Crippen molar-refractivity contribution in [2.45, 2.75) is 6.54 Å². The number of rotatable bonds is 2. The van der Waals surface area contributed by atoms with Crippen molar-refractivity contribution in [1.82, 2.24) is 14.5 Å². The zero-order chi connectivity index (χ0) is 15.3. The molecule has 2 aromatic carbocycles. The van der Waals surface area contributed by atoms with Crippen LogP contribution in [0.5, 0.6) is 0 Å². The SMILES string of the molecule is Nc1ccc2nc3c4cc(I)ccc4n(CCCl)c3nc2c1. The lowest BCUT2D eigenvalue weighted by atomic mass is 10.2. The number of benzene rings is 2. The molecule has 22 heavy (non-hydrogen) atoms. The number of nitrogen functional groups attached to an aromatic ring is 1. The molecule has 0 spiro atoms. The van der Waals surface area contributed by atoms with Crippen molar-refractivity contribution in [3.8, 4) is 0 Å². The first-order valence-electron chi connectivity index (χ1n) is 6.88. The van der Waals surface area contributed by atoms with Crippen LogP contribution in [0.2, 0.25) is 0 Å². The van der Waals surface area contributed by atoms with E-state index in [0.29, 0.717) is 18.1 Å². The molecule has 0 aliphatic rings. The van der Waals surface area contributed by atoms with Gasteiger partial charge in [0.25, 0.3) is 0 Å². The summed E-state index contributed by atoms with van der Waals surface area (Å²) in [4.78, 5) is 9.59. The first-order chi connectivity index (χ1) is 10.7. The summed E-state index contributed by atoms with van der Waals surface area (Å²) in [6, 6.07) is 11.9. The highest BCUT2D eigenvalue weighted by atomic mass is 127. The average Bonchev–Trinajstić information content (AvgIpc) is 2.79. The Hall–Kier alpha value is -1.60. The van der Waals surface area contributed by atoms with E-state index in [0.717, 1.165) is 33.1 Å². The van der Waals surface area contributed by atoms with Gasteiger partial charge >= 0.3 is 0 Å². The number of halogens is 2. The third kappa shape index (κ3) is 2.11. The summed E-state index contributed by atoms with van der Waals surface area (Å²) < 4.78 is 3.30. The van der Waals surface area contributed by atoms with Gasteiger partial charge in [0.15, 0.2) is 5.65 Å². The van der Waals surface area contributed by atoms with E-state index in [-0.39, 0.29) is 0 Å². The summed E-state index contributed by atoms with van der Waals surface area (Å²) in [6.07, 6.45) is 0. The Morgan fingerprint density at radius 1 is 1.09 bits per heavy atom. The minimum absolute atomic E-state index is 0.529. The van der Waals surface area contributed by atoms with E-state index in [1.807, 2.05) is 18.2 Å². The fourth-order valence-corrected chi connectivity index (χ4v) is 3.45. The van der Waals surface area contributed by atoms with Crippen molar-refractivity contribution in [1.29, 1.82) is 0 Å². The van der Waals surface area contributed by atoms with Crippen LogP contribution < -0.4 is 5.73 Å². The normalized spacial score (nSPS) is 11.7. The molecule has 4 nitrogen and oxygen atoms in total. The van der Waals surface area contributed by atoms with Crippen LogP contribution in [0, 0.1) is 3.57 Å². The number of aryl methyl sites for hydroxylation is 1. The molecule has 0 atom stereocenters. The smallest absolute Gasteiger partial charge is 0.160 e. The molecule has 0 aliphatic carbocycles. The summed E-state index contributed by atoms with van der Waals surface area (Å²) in [7, 11) is 0. The number of nitrogens with two attached hydrogens (primary N) is 1. The number of nitrogens with zero attached hydrogens (tertiary/aromatic N) is 3. The molecule has 0 unspecified atom stereocenters. The van der Waals surface area contributed by atoms with Crippen LogP contribution in [-0.4, -0.2) is 20.4 Å². The molecule has 4 aromatic rings. The maximum atomic E-state index is 5.98. The topological polar surface area (TPSA) is 56.7 Å². The predicted octanol–water partition coefficient (Wildman–Crippen LogP) is 4.16. The first kappa shape index (κ1) is 14.0. The number of hydrogen-bond acceptors (Lipinski definition) is 3. The maximum absolute atomic E-state index is 5.98. The van der Waals surface area contributed by atoms with Crippen LogP contribution in [0.15, 0.2) is 36.4 Å². The Morgan fingerprint density at radius 2 is 1.95 bits per heavy atom. The van der Waals surface area contributed by atoms with Crippen molar-refractivity contribution in [3.05, 3.63) is 40.0 Å². The summed E-state index contributed by atoms with van der Waals surface area (Å²) in [5, 5.41) is 1.11. The molecule has 0 saturated carbocycles. The highest BCUT2D eigenvalue weighted by Gasteiger charge is 2.14. The highest BCUT2D eigenvalue weighted by Crippen LogP contribution is 2.30. The number of fused-ring (bicyclic) bond motifs is 4. The van der Waals surface area contributed by atoms with Crippen molar-refractivity contribution in [3.63, 3.8) is 0 Å². The molecule has 2 N–H and O–H groups in total. The van der Waals surface area contributed by atoms with Gasteiger partial charge < -0.3 is 10.3 Å². The van der Waals surface area contributed by atoms with Crippen LogP contribution >= 0.6 is 34.2 Å². The standard InChI is InChI=1S/C16H12ClIN4/c17-5-6-22-14-4-1-9(18)7-11(14)15-16(22)21-13-8-10(19)2-3-12(13)20-15/h1-4,7-8H,5-6,19H2. The molecule has 2 aromatic heterocycles. The molecule has 0 aliphatic heterocycles. The Bertz CT molecular complexity index is 1030. The zero-order valence-corrected chi connectivity index (χ0v) is 14.5. The highest BCUT2D eigenvalue weighted by molar-refractivity contribution is 14.1. The molecule has 0 radical (unpaired) electrons. The van der Waals surface area contributed by atoms with E-state index in [1.54, 1.807) is 0 Å². The van der Waals surface area contributed by atoms with Gasteiger partial charge in [-0.2, -0.15) is 0 Å². The number of aromatic nitrogens is 3. The van der Waals surface area contributed by atoms with Crippen molar-refractivity contribution in [2.75, 3.05) is 11.6 Å². The van der Waals surface area contributed by atoms with E-state index < -0.39 is 0 Å². The Kier molecular flexibility index (Phi) is 3.34. The molecule has 0 saturated heterocycles. The van der Waals surface area contributed by atoms with Crippen molar-refractivity contribution >= 4 is 73.0 Å². The molecule has 4 rings (SSSR count). The van der Waals surface area contributed by atoms with Crippen LogP contribution in [0.1, 0.15) is 0 Å². The van der Waals surface area contributed by atoms with E-state index in [4.69, 9.17) is 27.3 Å². The third-order valence-corrected chi connectivity index (χ3v) is 4.58. The second kappa shape index (κ2) is 5.24. The second-order valence-corrected chi connectivity index (χ2v) is 6.77. The molecular weight excluding hydrogens is 411 g/mol. The lowest BCUT2D eigenvalue weighted by molar-refractivity contribution is 0.823. The molecule has 6 heteroatoms. The van der Waals surface area contributed by atoms with Gasteiger partial charge in [-0.3, -0.25) is 0 Å². The van der Waals surface area contributed by atoms with E-state index in [9.17, 15) is 0 Å². The summed E-state index contributed by atoms with van der Waals surface area (Å²) in [6.45, 7) is 0.699. The van der Waals surface area contributed by atoms with Crippen LogP contribution in [0.3, 0.4) is 0 Å². The van der Waals surface area contributed by atoms with Gasteiger partial charge in [-0.15, -0.1) is 11.6 Å². The van der Waals surface area contributed by atoms with E-state index >= 15 is 0 Å². The molecular formula is C16H12ClIN4. The predicted molar refractivity (Wildman–Crippen MR) is 100 cm³/mol. The largest absolute Gasteiger partial charge is 0.399 e. The molecule has 0 amide bonds. The minimum Gasteiger partial charge on any atom is -0.399 e. The van der Waals surface area contributed by atoms with Gasteiger partial charge in [-0.25, -0.2) is 9.97 Å². The number of alkyl halides is 1. The third-order valence-electron chi connectivity index (χ3n) is 3.74. The monoisotopic (exact) mass is 422 g/mol. The quantitative estimate of drug-likeness (QED) is 0.300. The fourth-order valence-electron chi connectivity index (χ4n) is 2.79. The van der Waals surface area contributed by atoms with Crippen LogP contribution in [-0.2, 0) is 6.54 Å². The average molecular weight is 423 g/mol. The van der Waals surface area contributed by atoms with Gasteiger partial charge in [-0.1, -0.05) is 0 Å². The zero-order valence-electron chi connectivity index (χ0n) is 11.6. The van der Waals surface area contributed by atoms with E-state index in [1.165, 1.54) is 3.57 Å². The van der Waals surface area contributed by atoms with Gasteiger partial charge in [0.1, 0.15) is 5.52 Å². The van der Waals surface area contributed by atoms with Crippen LogP contribution in [0.4, 0.5) is 5.69 Å². The Balaban J connectivity index is 2.20. The lowest BCUT2D eigenvalue weighted by Gasteiger charge is -2.04. The summed E-state index contributed by atoms with van der Waals surface area (Å²) in [5.41, 5.74) is 11.1. The molecule has 0 bridgehead atoms. The number of hydrogen-bond donors (Lipinski definition) is 1. The van der Waals surface area contributed by atoms with Crippen molar-refractivity contribution in [2.24, 2.45) is 0 Å². The number of anilines is 1. The molecule has 0 fully saturated rings. The fraction of sp³-hybridized carbons (Fsp3) is 0.125. The molecule has 110 valence electrons. The van der Waals surface area contributed by atoms with E-state index in [2.05, 4.69) is 45.4 Å². The van der Waals surface area contributed by atoms with Gasteiger partial charge in [-0.05, 0) is 59.0 Å². The second-order valence-electron chi connectivity index (χ2n) is 5.15. The van der Waals surface area contributed by atoms with Gasteiger partial charge in [0.05, 0.1) is 16.6 Å². The van der Waals surface area contributed by atoms with Crippen molar-refractivity contribution < 1.29 is 0 Å². The lowest BCUT2D eigenvalue weighted by Crippen LogP contribution is -2.00. The summed E-state index contributed by atoms with van der Waals surface area (Å²) >= 11 is 8.29.